The minimum Gasteiger partial charge on any atom is -0.481 e. The van der Waals surface area contributed by atoms with Gasteiger partial charge in [-0.05, 0) is 44.9 Å². The second-order valence-corrected chi connectivity index (χ2v) is 16.2. The van der Waals surface area contributed by atoms with Gasteiger partial charge in [0.25, 0.3) is 0 Å². The number of ether oxygens (including phenoxy) is 1. The van der Waals surface area contributed by atoms with E-state index in [4.69, 9.17) is 9.84 Å². The molecule has 0 amide bonds. The fourth-order valence-corrected chi connectivity index (χ4v) is 7.40. The summed E-state index contributed by atoms with van der Waals surface area (Å²) in [6, 6.07) is 0. The summed E-state index contributed by atoms with van der Waals surface area (Å²) in [7, 11) is 0. The van der Waals surface area contributed by atoms with E-state index >= 15 is 0 Å². The lowest BCUT2D eigenvalue weighted by atomic mass is 10.0. The average molecular weight is 733 g/mol. The number of hydrogen-bond acceptors (Lipinski definition) is 3. The number of carboxylic acid groups (broad SMARTS) is 1. The molecule has 0 aliphatic rings. The molecule has 0 atom stereocenters. The maximum absolute atomic E-state index is 12.0. The van der Waals surface area contributed by atoms with Crippen LogP contribution < -0.4 is 0 Å². The molecule has 0 aliphatic heterocycles. The van der Waals surface area contributed by atoms with E-state index in [2.05, 4.69) is 19.1 Å². The van der Waals surface area contributed by atoms with E-state index in [0.717, 1.165) is 25.7 Å². The van der Waals surface area contributed by atoms with Gasteiger partial charge in [0.05, 0.1) is 6.61 Å². The molecule has 0 bridgehead atoms. The third-order valence-corrected chi connectivity index (χ3v) is 10.9. The van der Waals surface area contributed by atoms with E-state index in [9.17, 15) is 9.59 Å². The van der Waals surface area contributed by atoms with Crippen molar-refractivity contribution in [3.8, 4) is 0 Å². The van der Waals surface area contributed by atoms with Crippen LogP contribution in [0.4, 0.5) is 0 Å². The second kappa shape index (κ2) is 45.8. The van der Waals surface area contributed by atoms with Gasteiger partial charge in [-0.1, -0.05) is 231 Å². The zero-order chi connectivity index (χ0) is 37.7. The van der Waals surface area contributed by atoms with E-state index in [0.29, 0.717) is 19.4 Å². The molecular weight excluding hydrogens is 641 g/mol. The second-order valence-electron chi connectivity index (χ2n) is 16.2. The summed E-state index contributed by atoms with van der Waals surface area (Å²) < 4.78 is 5.48. The highest BCUT2D eigenvalue weighted by molar-refractivity contribution is 5.69. The molecule has 0 aromatic carbocycles. The minimum atomic E-state index is -0.657. The van der Waals surface area contributed by atoms with E-state index in [1.54, 1.807) is 0 Å². The molecule has 308 valence electrons. The zero-order valence-corrected chi connectivity index (χ0v) is 35.2. The topological polar surface area (TPSA) is 63.6 Å². The van der Waals surface area contributed by atoms with Crippen LogP contribution >= 0.6 is 0 Å². The van der Waals surface area contributed by atoms with Crippen LogP contribution in [0.25, 0.3) is 0 Å². The SMILES string of the molecule is CCCCCCCCC=CCCCCCCCCCCCCCC(=O)OCCCCCCCCCCCCCCCCCCCCCCCC(=O)O. The van der Waals surface area contributed by atoms with Crippen molar-refractivity contribution in [3.05, 3.63) is 12.2 Å². The third kappa shape index (κ3) is 46.7. The average Bonchev–Trinajstić information content (AvgIpc) is 3.13. The number of unbranched alkanes of at least 4 members (excludes halogenated alkanes) is 37. The lowest BCUT2D eigenvalue weighted by Crippen LogP contribution is -2.05. The molecule has 0 rings (SSSR count). The maximum Gasteiger partial charge on any atom is 0.305 e. The highest BCUT2D eigenvalue weighted by atomic mass is 16.5. The van der Waals surface area contributed by atoms with Crippen molar-refractivity contribution in [2.45, 2.75) is 277 Å². The predicted octanol–water partition coefficient (Wildman–Crippen LogP) is 16.6. The van der Waals surface area contributed by atoms with Gasteiger partial charge < -0.3 is 9.84 Å². The van der Waals surface area contributed by atoms with Crippen LogP contribution in [0.5, 0.6) is 0 Å². The molecule has 0 spiro atoms. The van der Waals surface area contributed by atoms with Crippen molar-refractivity contribution in [2.24, 2.45) is 0 Å². The van der Waals surface area contributed by atoms with Crippen molar-refractivity contribution in [2.75, 3.05) is 6.61 Å². The van der Waals surface area contributed by atoms with E-state index < -0.39 is 5.97 Å². The van der Waals surface area contributed by atoms with Gasteiger partial charge in [-0.3, -0.25) is 9.59 Å². The van der Waals surface area contributed by atoms with Gasteiger partial charge in [-0.25, -0.2) is 0 Å². The largest absolute Gasteiger partial charge is 0.481 e. The van der Waals surface area contributed by atoms with Gasteiger partial charge >= 0.3 is 11.9 Å². The molecule has 4 nitrogen and oxygen atoms in total. The van der Waals surface area contributed by atoms with E-state index in [1.807, 2.05) is 0 Å². The number of carboxylic acids is 1. The van der Waals surface area contributed by atoms with Crippen molar-refractivity contribution < 1.29 is 19.4 Å². The van der Waals surface area contributed by atoms with Crippen LogP contribution in [0, 0.1) is 0 Å². The number of carbonyl (C=O) groups is 2. The molecule has 0 heterocycles. The Kier molecular flexibility index (Phi) is 44.7. The van der Waals surface area contributed by atoms with Crippen LogP contribution in [0.15, 0.2) is 12.2 Å². The Morgan fingerprint density at radius 1 is 0.365 bits per heavy atom. The fourth-order valence-electron chi connectivity index (χ4n) is 7.40. The van der Waals surface area contributed by atoms with Crippen LogP contribution in [-0.2, 0) is 14.3 Å². The molecule has 0 fully saturated rings. The molecule has 0 saturated heterocycles. The summed E-state index contributed by atoms with van der Waals surface area (Å²) in [5, 5.41) is 8.66. The Balaban J connectivity index is 3.17. The molecule has 4 heteroatoms. The summed E-state index contributed by atoms with van der Waals surface area (Å²) >= 11 is 0. The standard InChI is InChI=1S/C48H92O4/c1-2-3-4-5-6-7-8-9-10-11-12-14-18-21-24-27-30-33-36-39-42-45-48(51)52-46-43-40-37-34-31-28-25-22-19-16-13-15-17-20-23-26-29-32-35-38-41-44-47(49)50/h9-10H,2-8,11-46H2,1H3,(H,49,50). The Morgan fingerprint density at radius 2 is 0.635 bits per heavy atom. The summed E-state index contributed by atoms with van der Waals surface area (Å²) in [6.07, 6.45) is 58.4. The van der Waals surface area contributed by atoms with E-state index in [1.165, 1.54) is 231 Å². The lowest BCUT2D eigenvalue weighted by Gasteiger charge is -2.06. The third-order valence-electron chi connectivity index (χ3n) is 10.9. The fraction of sp³-hybridized carbons (Fsp3) is 0.917. The van der Waals surface area contributed by atoms with Crippen molar-refractivity contribution in [1.82, 2.24) is 0 Å². The molecule has 52 heavy (non-hydrogen) atoms. The predicted molar refractivity (Wildman–Crippen MR) is 227 cm³/mol. The molecule has 0 aromatic rings. The summed E-state index contributed by atoms with van der Waals surface area (Å²) in [6.45, 7) is 2.90. The van der Waals surface area contributed by atoms with Crippen LogP contribution in [0.1, 0.15) is 277 Å². The van der Waals surface area contributed by atoms with Gasteiger partial charge in [0.2, 0.25) is 0 Å². The van der Waals surface area contributed by atoms with E-state index in [-0.39, 0.29) is 5.97 Å². The Labute approximate surface area is 325 Å². The maximum atomic E-state index is 12.0. The number of aliphatic carboxylic acids is 1. The molecule has 0 saturated carbocycles. The molecule has 0 aliphatic carbocycles. The van der Waals surface area contributed by atoms with Gasteiger partial charge in [-0.2, -0.15) is 0 Å². The Hall–Kier alpha value is -1.32. The molecule has 1 N–H and O–H groups in total. The smallest absolute Gasteiger partial charge is 0.305 e. The Bertz CT molecular complexity index is 732. The Morgan fingerprint density at radius 3 is 0.962 bits per heavy atom. The number of hydrogen-bond donors (Lipinski definition) is 1. The summed E-state index contributed by atoms with van der Waals surface area (Å²) in [5.74, 6) is -0.641. The molecular formula is C48H92O4. The van der Waals surface area contributed by atoms with Gasteiger partial charge in [0.15, 0.2) is 0 Å². The van der Waals surface area contributed by atoms with Gasteiger partial charge in [0.1, 0.15) is 0 Å². The first-order valence-corrected chi connectivity index (χ1v) is 23.7. The van der Waals surface area contributed by atoms with Crippen molar-refractivity contribution in [3.63, 3.8) is 0 Å². The van der Waals surface area contributed by atoms with Gasteiger partial charge in [-0.15, -0.1) is 0 Å². The van der Waals surface area contributed by atoms with Crippen molar-refractivity contribution >= 4 is 11.9 Å². The first-order valence-electron chi connectivity index (χ1n) is 23.7. The lowest BCUT2D eigenvalue weighted by molar-refractivity contribution is -0.144. The van der Waals surface area contributed by atoms with Crippen LogP contribution in [-0.4, -0.2) is 23.7 Å². The monoisotopic (exact) mass is 733 g/mol. The quantitative estimate of drug-likeness (QED) is 0.0385. The van der Waals surface area contributed by atoms with Crippen LogP contribution in [0.2, 0.25) is 0 Å². The highest BCUT2D eigenvalue weighted by Gasteiger charge is 2.03. The highest BCUT2D eigenvalue weighted by Crippen LogP contribution is 2.16. The molecule has 0 radical (unpaired) electrons. The first kappa shape index (κ1) is 50.7. The van der Waals surface area contributed by atoms with Crippen LogP contribution in [0.3, 0.4) is 0 Å². The summed E-state index contributed by atoms with van der Waals surface area (Å²) in [5.41, 5.74) is 0. The zero-order valence-electron chi connectivity index (χ0n) is 35.2. The van der Waals surface area contributed by atoms with Crippen molar-refractivity contribution in [1.29, 1.82) is 0 Å². The molecule has 0 aromatic heterocycles. The number of carbonyl (C=O) groups excluding carboxylic acids is 1. The number of rotatable bonds is 45. The number of allylic oxidation sites excluding steroid dienone is 2. The van der Waals surface area contributed by atoms with Gasteiger partial charge in [0, 0.05) is 12.8 Å². The first-order chi connectivity index (χ1) is 25.7. The normalized spacial score (nSPS) is 11.6. The summed E-state index contributed by atoms with van der Waals surface area (Å²) in [4.78, 5) is 22.5. The number of esters is 1. The molecule has 0 unspecified atom stereocenters. The minimum absolute atomic E-state index is 0.0167.